The lowest BCUT2D eigenvalue weighted by atomic mass is 9.99. The number of nitrogens with zero attached hydrogens (tertiary/aromatic N) is 1. The van der Waals surface area contributed by atoms with Crippen molar-refractivity contribution in [3.63, 3.8) is 0 Å². The van der Waals surface area contributed by atoms with Gasteiger partial charge in [0, 0.05) is 13.0 Å². The number of unbranched alkanes of at least 4 members (excludes halogenated alkanes) is 1. The number of nitrogens with two attached hydrogens (primary N) is 4. The molecule has 0 aromatic heterocycles. The minimum Gasteiger partial charge on any atom is -0.508 e. The molecular formula is C44H76N12O11. The van der Waals surface area contributed by atoms with E-state index in [1.165, 1.54) is 38.1 Å². The monoisotopic (exact) mass is 949 g/mol. The Morgan fingerprint density at radius 3 is 1.57 bits per heavy atom. The summed E-state index contributed by atoms with van der Waals surface area (Å²) in [5, 5.41) is 48.1. The van der Waals surface area contributed by atoms with E-state index in [1.807, 2.05) is 13.8 Å². The number of benzene rings is 1. The first-order chi connectivity index (χ1) is 31.3. The molecule has 67 heavy (non-hydrogen) atoms. The van der Waals surface area contributed by atoms with Gasteiger partial charge in [-0.15, -0.1) is 0 Å². The summed E-state index contributed by atoms with van der Waals surface area (Å²) >= 11 is 0. The summed E-state index contributed by atoms with van der Waals surface area (Å²) in [6, 6.07) is -4.63. The number of hydrogen-bond acceptors (Lipinski definition) is 13. The molecule has 0 spiro atoms. The predicted molar refractivity (Wildman–Crippen MR) is 250 cm³/mol. The Balaban J connectivity index is 3.52. The largest absolute Gasteiger partial charge is 0.508 e. The second-order valence-corrected chi connectivity index (χ2v) is 17.8. The van der Waals surface area contributed by atoms with E-state index in [0.29, 0.717) is 24.8 Å². The van der Waals surface area contributed by atoms with Gasteiger partial charge in [-0.2, -0.15) is 0 Å². The lowest BCUT2D eigenvalue weighted by molar-refractivity contribution is -0.143. The maximum atomic E-state index is 14.2. The van der Waals surface area contributed by atoms with Crippen molar-refractivity contribution in [2.75, 3.05) is 13.1 Å². The third-order valence-corrected chi connectivity index (χ3v) is 10.5. The number of carboxylic acid groups (broad SMARTS) is 1. The Bertz CT molecular complexity index is 1820. The van der Waals surface area contributed by atoms with Crippen LogP contribution in [0.4, 0.5) is 0 Å². The van der Waals surface area contributed by atoms with Crippen LogP contribution in [0.5, 0.6) is 5.75 Å². The van der Waals surface area contributed by atoms with Crippen LogP contribution in [-0.4, -0.2) is 136 Å². The summed E-state index contributed by atoms with van der Waals surface area (Å²) in [6.45, 7) is 13.2. The number of nitrogens with one attached hydrogen (secondary N) is 7. The molecule has 0 aliphatic rings. The topological polar surface area (TPSA) is 398 Å². The summed E-state index contributed by atoms with van der Waals surface area (Å²) in [6.07, 6.45) is -0.482. The quantitative estimate of drug-likeness (QED) is 0.0219. The minimum absolute atomic E-state index is 0.0231. The first-order valence-electron chi connectivity index (χ1n) is 22.6. The van der Waals surface area contributed by atoms with Crippen LogP contribution in [0.25, 0.3) is 0 Å². The summed E-state index contributed by atoms with van der Waals surface area (Å²) < 4.78 is 0. The zero-order valence-electron chi connectivity index (χ0n) is 40.0. The van der Waals surface area contributed by atoms with Crippen LogP contribution in [0, 0.1) is 17.8 Å². The highest BCUT2D eigenvalue weighted by molar-refractivity contribution is 5.98. The van der Waals surface area contributed by atoms with Crippen molar-refractivity contribution in [3.05, 3.63) is 29.8 Å². The number of phenolic OH excluding ortho intramolecular Hbond substituents is 1. The third-order valence-electron chi connectivity index (χ3n) is 10.5. The van der Waals surface area contributed by atoms with Crippen molar-refractivity contribution >= 4 is 53.3 Å². The SMILES string of the molecule is CC(C)C[C@H](N)C(=O)N[C@H](C(=O)N[C@@H](CCCN=C(N)N)C(=O)N[C@@H](Cc1ccc(O)cc1)C(=O)N[C@H](C(=O)N[C@@H](CCCCN)C(=O)N[C@@H](C)C(=O)N[C@H](C(=O)O)C(C)C)[C@@H](C)O)C(C)C. The number of carbonyl (C=O) groups is 8. The fraction of sp³-hybridized carbons (Fsp3) is 0.659. The minimum atomic E-state index is -1.72. The Hall–Kier alpha value is -6.07. The molecule has 0 heterocycles. The molecule has 1 aromatic rings. The highest BCUT2D eigenvalue weighted by Gasteiger charge is 2.36. The predicted octanol–water partition coefficient (Wildman–Crippen LogP) is -2.32. The van der Waals surface area contributed by atoms with E-state index in [4.69, 9.17) is 22.9 Å². The molecule has 0 radical (unpaired) electrons. The van der Waals surface area contributed by atoms with Crippen molar-refractivity contribution in [2.45, 2.75) is 155 Å². The molecular weight excluding hydrogens is 873 g/mol. The fourth-order valence-corrected chi connectivity index (χ4v) is 6.65. The van der Waals surface area contributed by atoms with E-state index in [2.05, 4.69) is 42.2 Å². The molecule has 23 heteroatoms. The van der Waals surface area contributed by atoms with E-state index in [0.717, 1.165) is 0 Å². The van der Waals surface area contributed by atoms with Gasteiger partial charge >= 0.3 is 5.97 Å². The number of hydrogen-bond donors (Lipinski definition) is 14. The van der Waals surface area contributed by atoms with Gasteiger partial charge in [0.15, 0.2) is 5.96 Å². The smallest absolute Gasteiger partial charge is 0.326 e. The average Bonchev–Trinajstić information content (AvgIpc) is 3.23. The average molecular weight is 949 g/mol. The Morgan fingerprint density at radius 1 is 0.597 bits per heavy atom. The molecule has 0 bridgehead atoms. The maximum absolute atomic E-state index is 14.2. The van der Waals surface area contributed by atoms with Crippen LogP contribution in [-0.2, 0) is 44.8 Å². The van der Waals surface area contributed by atoms with Crippen LogP contribution >= 0.6 is 0 Å². The van der Waals surface area contributed by atoms with Crippen LogP contribution < -0.4 is 60.2 Å². The molecule has 0 aliphatic heterocycles. The Labute approximate surface area is 392 Å². The van der Waals surface area contributed by atoms with Gasteiger partial charge in [0.2, 0.25) is 41.4 Å². The highest BCUT2D eigenvalue weighted by Crippen LogP contribution is 2.14. The number of aromatic hydroxyl groups is 1. The van der Waals surface area contributed by atoms with Crippen molar-refractivity contribution in [3.8, 4) is 5.75 Å². The lowest BCUT2D eigenvalue weighted by Crippen LogP contribution is -2.62. The van der Waals surface area contributed by atoms with Gasteiger partial charge in [-0.25, -0.2) is 4.79 Å². The van der Waals surface area contributed by atoms with Crippen molar-refractivity contribution in [1.29, 1.82) is 0 Å². The summed E-state index contributed by atoms with van der Waals surface area (Å²) in [7, 11) is 0. The van der Waals surface area contributed by atoms with Gasteiger partial charge in [-0.3, -0.25) is 38.6 Å². The van der Waals surface area contributed by atoms with Gasteiger partial charge in [-0.1, -0.05) is 53.7 Å². The summed E-state index contributed by atoms with van der Waals surface area (Å²) in [4.78, 5) is 111. The number of aliphatic imine (C=N–C) groups is 1. The van der Waals surface area contributed by atoms with Crippen LogP contribution in [0.3, 0.4) is 0 Å². The first kappa shape index (κ1) is 58.9. The van der Waals surface area contributed by atoms with Crippen LogP contribution in [0.15, 0.2) is 29.3 Å². The van der Waals surface area contributed by atoms with Gasteiger partial charge < -0.3 is 75.5 Å². The second-order valence-electron chi connectivity index (χ2n) is 17.8. The van der Waals surface area contributed by atoms with Crippen LogP contribution in [0.2, 0.25) is 0 Å². The molecule has 1 aromatic carbocycles. The van der Waals surface area contributed by atoms with Gasteiger partial charge in [0.05, 0.1) is 12.1 Å². The van der Waals surface area contributed by atoms with E-state index < -0.39 is 114 Å². The first-order valence-corrected chi connectivity index (χ1v) is 22.6. The molecule has 0 saturated heterocycles. The Kier molecular flexibility index (Phi) is 26.0. The third kappa shape index (κ3) is 21.9. The normalized spacial score (nSPS) is 15.3. The molecule has 0 aliphatic carbocycles. The van der Waals surface area contributed by atoms with Crippen molar-refractivity contribution < 1.29 is 53.7 Å². The molecule has 9 atom stereocenters. The van der Waals surface area contributed by atoms with E-state index in [1.54, 1.807) is 27.7 Å². The van der Waals surface area contributed by atoms with E-state index >= 15 is 0 Å². The zero-order chi connectivity index (χ0) is 51.1. The molecule has 0 saturated carbocycles. The lowest BCUT2D eigenvalue weighted by Gasteiger charge is -2.29. The zero-order valence-corrected chi connectivity index (χ0v) is 40.0. The molecule has 18 N–H and O–H groups in total. The van der Waals surface area contributed by atoms with E-state index in [9.17, 15) is 53.7 Å². The highest BCUT2D eigenvalue weighted by atomic mass is 16.4. The fourth-order valence-electron chi connectivity index (χ4n) is 6.65. The van der Waals surface area contributed by atoms with Gasteiger partial charge in [-0.05, 0) is 94.4 Å². The molecule has 23 nitrogen and oxygen atoms in total. The van der Waals surface area contributed by atoms with Crippen LogP contribution in [0.1, 0.15) is 99.5 Å². The van der Waals surface area contributed by atoms with Gasteiger partial charge in [0.25, 0.3) is 0 Å². The number of rotatable bonds is 30. The molecule has 1 rings (SSSR count). The summed E-state index contributed by atoms with van der Waals surface area (Å²) in [5.74, 6) is -8.08. The molecule has 0 fully saturated rings. The standard InChI is InChI=1S/C44H76N12O11/c1-22(2)20-29(46)37(60)54-33(23(3)4)41(64)51-31(13-11-19-49-44(47)48)39(62)53-32(21-27-14-16-28(58)17-15-27)40(63)56-35(26(8)57)42(65)52-30(12-9-10-18-45)38(61)50-25(7)36(59)55-34(24(5)6)43(66)67/h14-17,22-26,29-35,57-58H,9-13,18-21,45-46H2,1-8H3,(H,50,61)(H,51,64)(H,52,65)(H,53,62)(H,54,60)(H,55,59)(H,56,63)(H,66,67)(H4,47,48,49)/t25-,26+,29-,30-,31-,32-,33-,34-,35-/m0/s1. The molecule has 7 amide bonds. The number of aliphatic hydroxyl groups excluding tert-OH is 1. The number of carbonyl (C=O) groups excluding carboxylic acids is 7. The van der Waals surface area contributed by atoms with E-state index in [-0.39, 0.29) is 56.4 Å². The number of phenols is 1. The maximum Gasteiger partial charge on any atom is 0.326 e. The van der Waals surface area contributed by atoms with Crippen molar-refractivity contribution in [1.82, 2.24) is 37.2 Å². The Morgan fingerprint density at radius 2 is 1.07 bits per heavy atom. The number of aliphatic carboxylic acids is 1. The second kappa shape index (κ2) is 29.5. The number of aliphatic hydroxyl groups is 1. The molecule has 0 unspecified atom stereocenters. The van der Waals surface area contributed by atoms with Crippen molar-refractivity contribution in [2.24, 2.45) is 45.7 Å². The number of carboxylic acids is 1. The number of guanidine groups is 1. The number of amides is 7. The summed E-state index contributed by atoms with van der Waals surface area (Å²) in [5.41, 5.74) is 23.2. The van der Waals surface area contributed by atoms with Gasteiger partial charge in [0.1, 0.15) is 48.0 Å². The molecule has 378 valence electrons.